The van der Waals surface area contributed by atoms with Crippen LogP contribution in [0.25, 0.3) is 0 Å². The molecular formula is C10H20N2O. The van der Waals surface area contributed by atoms with Crippen LogP contribution in [-0.4, -0.2) is 37.0 Å². The lowest BCUT2D eigenvalue weighted by Gasteiger charge is -2.18. The molecule has 0 aromatic carbocycles. The lowest BCUT2D eigenvalue weighted by Crippen LogP contribution is -2.37. The second-order valence-corrected chi connectivity index (χ2v) is 3.64. The number of rotatable bonds is 3. The van der Waals surface area contributed by atoms with E-state index >= 15 is 0 Å². The second kappa shape index (κ2) is 5.97. The van der Waals surface area contributed by atoms with Gasteiger partial charge in [-0.25, -0.2) is 0 Å². The third-order valence-corrected chi connectivity index (χ3v) is 2.44. The molecule has 0 atom stereocenters. The van der Waals surface area contributed by atoms with Crippen LogP contribution in [0.15, 0.2) is 0 Å². The van der Waals surface area contributed by atoms with Crippen LogP contribution in [0, 0.1) is 0 Å². The molecule has 0 aromatic heterocycles. The van der Waals surface area contributed by atoms with Crippen molar-refractivity contribution in [1.29, 1.82) is 0 Å². The number of amides is 1. The molecule has 1 amide bonds. The zero-order valence-electron chi connectivity index (χ0n) is 8.51. The van der Waals surface area contributed by atoms with Gasteiger partial charge in [0.05, 0.1) is 6.54 Å². The fourth-order valence-electron chi connectivity index (χ4n) is 1.75. The third-order valence-electron chi connectivity index (χ3n) is 2.44. The van der Waals surface area contributed by atoms with Gasteiger partial charge in [0.2, 0.25) is 5.91 Å². The first kappa shape index (κ1) is 10.5. The topological polar surface area (TPSA) is 32.3 Å². The summed E-state index contributed by atoms with van der Waals surface area (Å²) in [5, 5.41) is 2.83. The standard InChI is InChI=1S/C10H20N2O/c1-2-11-10(13)9-12-7-5-3-4-6-8-12/h2-9H2,1H3,(H,11,13). The van der Waals surface area contributed by atoms with Crippen LogP contribution in [0.5, 0.6) is 0 Å². The van der Waals surface area contributed by atoms with Crippen LogP contribution in [0.1, 0.15) is 32.6 Å². The molecule has 0 saturated carbocycles. The minimum Gasteiger partial charge on any atom is -0.355 e. The summed E-state index contributed by atoms with van der Waals surface area (Å²) in [4.78, 5) is 13.5. The van der Waals surface area contributed by atoms with E-state index in [2.05, 4.69) is 10.2 Å². The lowest BCUT2D eigenvalue weighted by atomic mass is 10.2. The lowest BCUT2D eigenvalue weighted by molar-refractivity contribution is -0.122. The van der Waals surface area contributed by atoms with Crippen molar-refractivity contribution in [1.82, 2.24) is 10.2 Å². The fraction of sp³-hybridized carbons (Fsp3) is 0.900. The summed E-state index contributed by atoms with van der Waals surface area (Å²) in [7, 11) is 0. The van der Waals surface area contributed by atoms with Crippen molar-refractivity contribution in [2.75, 3.05) is 26.2 Å². The molecule has 0 spiro atoms. The summed E-state index contributed by atoms with van der Waals surface area (Å²) in [6.45, 7) is 5.48. The summed E-state index contributed by atoms with van der Waals surface area (Å²) in [6, 6.07) is 0. The summed E-state index contributed by atoms with van der Waals surface area (Å²) < 4.78 is 0. The zero-order chi connectivity index (χ0) is 9.52. The van der Waals surface area contributed by atoms with Gasteiger partial charge in [-0.05, 0) is 32.9 Å². The Kier molecular flexibility index (Phi) is 4.83. The van der Waals surface area contributed by atoms with E-state index in [1.165, 1.54) is 25.7 Å². The average Bonchev–Trinajstić information content (AvgIpc) is 2.33. The number of carbonyl (C=O) groups excluding carboxylic acids is 1. The Balaban J connectivity index is 2.21. The Labute approximate surface area is 80.5 Å². The minimum atomic E-state index is 0.171. The van der Waals surface area contributed by atoms with E-state index in [0.717, 1.165) is 19.6 Å². The van der Waals surface area contributed by atoms with Crippen molar-refractivity contribution in [2.45, 2.75) is 32.6 Å². The first-order valence-corrected chi connectivity index (χ1v) is 5.32. The second-order valence-electron chi connectivity index (χ2n) is 3.64. The molecule has 0 aliphatic carbocycles. The van der Waals surface area contributed by atoms with Crippen LogP contribution in [0.4, 0.5) is 0 Å². The molecule has 0 aromatic rings. The Morgan fingerprint density at radius 3 is 2.38 bits per heavy atom. The molecule has 13 heavy (non-hydrogen) atoms. The van der Waals surface area contributed by atoms with Crippen molar-refractivity contribution in [3.63, 3.8) is 0 Å². The van der Waals surface area contributed by atoms with E-state index in [0.29, 0.717) is 6.54 Å². The molecule has 3 nitrogen and oxygen atoms in total. The Hall–Kier alpha value is -0.570. The predicted octanol–water partition coefficient (Wildman–Crippen LogP) is 0.998. The van der Waals surface area contributed by atoms with Crippen molar-refractivity contribution >= 4 is 5.91 Å². The van der Waals surface area contributed by atoms with Gasteiger partial charge in [0.15, 0.2) is 0 Å². The average molecular weight is 184 g/mol. The maximum Gasteiger partial charge on any atom is 0.234 e. The largest absolute Gasteiger partial charge is 0.355 e. The number of hydrogen-bond donors (Lipinski definition) is 1. The van der Waals surface area contributed by atoms with Crippen molar-refractivity contribution in [2.24, 2.45) is 0 Å². The molecule has 0 bridgehead atoms. The molecule has 0 radical (unpaired) electrons. The molecule has 1 aliphatic rings. The highest BCUT2D eigenvalue weighted by atomic mass is 16.2. The SMILES string of the molecule is CCNC(=O)CN1CCCCCC1. The first-order chi connectivity index (χ1) is 6.33. The number of hydrogen-bond acceptors (Lipinski definition) is 2. The Morgan fingerprint density at radius 2 is 1.85 bits per heavy atom. The van der Waals surface area contributed by atoms with Crippen LogP contribution < -0.4 is 5.32 Å². The maximum atomic E-state index is 11.3. The van der Waals surface area contributed by atoms with E-state index in [1.807, 2.05) is 6.92 Å². The van der Waals surface area contributed by atoms with Crippen LogP contribution in [0.3, 0.4) is 0 Å². The quantitative estimate of drug-likeness (QED) is 0.709. The first-order valence-electron chi connectivity index (χ1n) is 5.32. The van der Waals surface area contributed by atoms with E-state index < -0.39 is 0 Å². The normalized spacial score (nSPS) is 19.5. The van der Waals surface area contributed by atoms with Crippen molar-refractivity contribution in [3.05, 3.63) is 0 Å². The summed E-state index contributed by atoms with van der Waals surface area (Å²) in [5.74, 6) is 0.171. The van der Waals surface area contributed by atoms with Crippen LogP contribution in [-0.2, 0) is 4.79 Å². The molecule has 1 N–H and O–H groups in total. The van der Waals surface area contributed by atoms with E-state index in [9.17, 15) is 4.79 Å². The summed E-state index contributed by atoms with van der Waals surface area (Å²) in [5.41, 5.74) is 0. The number of carbonyl (C=O) groups is 1. The molecular weight excluding hydrogens is 164 g/mol. The highest BCUT2D eigenvalue weighted by Crippen LogP contribution is 2.08. The summed E-state index contributed by atoms with van der Waals surface area (Å²) in [6.07, 6.45) is 5.15. The van der Waals surface area contributed by atoms with Crippen LogP contribution in [0.2, 0.25) is 0 Å². The van der Waals surface area contributed by atoms with Gasteiger partial charge in [-0.1, -0.05) is 12.8 Å². The van der Waals surface area contributed by atoms with Gasteiger partial charge >= 0.3 is 0 Å². The smallest absolute Gasteiger partial charge is 0.234 e. The zero-order valence-corrected chi connectivity index (χ0v) is 8.51. The molecule has 76 valence electrons. The molecule has 0 unspecified atom stereocenters. The number of likely N-dealkylation sites (tertiary alicyclic amines) is 1. The van der Waals surface area contributed by atoms with Gasteiger partial charge < -0.3 is 5.32 Å². The van der Waals surface area contributed by atoms with Crippen molar-refractivity contribution < 1.29 is 4.79 Å². The van der Waals surface area contributed by atoms with Gasteiger partial charge in [0.1, 0.15) is 0 Å². The Bertz CT molecular complexity index is 151. The maximum absolute atomic E-state index is 11.3. The molecule has 3 heteroatoms. The van der Waals surface area contributed by atoms with Gasteiger partial charge in [-0.2, -0.15) is 0 Å². The van der Waals surface area contributed by atoms with Gasteiger partial charge in [0, 0.05) is 6.54 Å². The van der Waals surface area contributed by atoms with Gasteiger partial charge in [-0.3, -0.25) is 9.69 Å². The number of nitrogens with zero attached hydrogens (tertiary/aromatic N) is 1. The summed E-state index contributed by atoms with van der Waals surface area (Å²) >= 11 is 0. The highest BCUT2D eigenvalue weighted by molar-refractivity contribution is 5.77. The van der Waals surface area contributed by atoms with E-state index in [-0.39, 0.29) is 5.91 Å². The van der Waals surface area contributed by atoms with Gasteiger partial charge in [-0.15, -0.1) is 0 Å². The minimum absolute atomic E-state index is 0.171. The molecule has 1 fully saturated rings. The van der Waals surface area contributed by atoms with Crippen LogP contribution >= 0.6 is 0 Å². The fourth-order valence-corrected chi connectivity index (χ4v) is 1.75. The van der Waals surface area contributed by atoms with Crippen molar-refractivity contribution in [3.8, 4) is 0 Å². The predicted molar refractivity (Wildman–Crippen MR) is 53.6 cm³/mol. The Morgan fingerprint density at radius 1 is 1.23 bits per heavy atom. The molecule has 1 heterocycles. The molecule has 1 saturated heterocycles. The van der Waals surface area contributed by atoms with E-state index in [1.54, 1.807) is 0 Å². The monoisotopic (exact) mass is 184 g/mol. The van der Waals surface area contributed by atoms with Gasteiger partial charge in [0.25, 0.3) is 0 Å². The molecule has 1 rings (SSSR count). The number of likely N-dealkylation sites (N-methyl/N-ethyl adjacent to an activating group) is 1. The highest BCUT2D eigenvalue weighted by Gasteiger charge is 2.11. The molecule has 1 aliphatic heterocycles. The third kappa shape index (κ3) is 4.27. The van der Waals surface area contributed by atoms with E-state index in [4.69, 9.17) is 0 Å². The number of nitrogens with one attached hydrogen (secondary N) is 1.